The van der Waals surface area contributed by atoms with Crippen LogP contribution in [0.15, 0.2) is 35.1 Å². The number of oxazole rings is 1. The van der Waals surface area contributed by atoms with Crippen LogP contribution in [0.5, 0.6) is 0 Å². The summed E-state index contributed by atoms with van der Waals surface area (Å²) in [6.07, 6.45) is 2.85. The summed E-state index contributed by atoms with van der Waals surface area (Å²) < 4.78 is 10.9. The molecular weight excluding hydrogens is 294 g/mol. The summed E-state index contributed by atoms with van der Waals surface area (Å²) in [5.74, 6) is 0.178. The molecular formula is C17H17N3O3. The summed E-state index contributed by atoms with van der Waals surface area (Å²) >= 11 is 0. The van der Waals surface area contributed by atoms with Gasteiger partial charge in [0.1, 0.15) is 6.10 Å². The van der Waals surface area contributed by atoms with Gasteiger partial charge in [0.15, 0.2) is 17.8 Å². The van der Waals surface area contributed by atoms with E-state index in [9.17, 15) is 4.79 Å². The first-order valence-corrected chi connectivity index (χ1v) is 7.55. The topological polar surface area (TPSA) is 88.2 Å². The van der Waals surface area contributed by atoms with Gasteiger partial charge in [0, 0.05) is 6.61 Å². The molecule has 1 aromatic heterocycles. The number of amides is 1. The smallest absolute Gasteiger partial charge is 0.274 e. The van der Waals surface area contributed by atoms with Gasteiger partial charge in [-0.1, -0.05) is 12.1 Å². The molecule has 0 radical (unpaired) electrons. The van der Waals surface area contributed by atoms with Gasteiger partial charge in [0.2, 0.25) is 0 Å². The average molecular weight is 311 g/mol. The molecule has 118 valence electrons. The number of ether oxygens (including phenoxy) is 1. The zero-order valence-corrected chi connectivity index (χ0v) is 12.8. The fourth-order valence-electron chi connectivity index (χ4n) is 2.66. The summed E-state index contributed by atoms with van der Waals surface area (Å²) in [6, 6.07) is 9.00. The quantitative estimate of drug-likeness (QED) is 0.938. The molecule has 0 aliphatic carbocycles. The van der Waals surface area contributed by atoms with Crippen molar-refractivity contribution in [1.82, 2.24) is 10.3 Å². The summed E-state index contributed by atoms with van der Waals surface area (Å²) in [6.45, 7) is 2.53. The van der Waals surface area contributed by atoms with Crippen LogP contribution in [0.1, 0.15) is 59.3 Å². The van der Waals surface area contributed by atoms with Crippen LogP contribution in [0.2, 0.25) is 0 Å². The van der Waals surface area contributed by atoms with Crippen molar-refractivity contribution in [3.63, 3.8) is 0 Å². The van der Waals surface area contributed by atoms with Crippen molar-refractivity contribution >= 4 is 5.91 Å². The third-order valence-electron chi connectivity index (χ3n) is 3.90. The second kappa shape index (κ2) is 6.63. The normalized spacial score (nSPS) is 18.3. The Labute approximate surface area is 134 Å². The maximum atomic E-state index is 12.5. The lowest BCUT2D eigenvalue weighted by Gasteiger charge is -2.15. The zero-order valence-electron chi connectivity index (χ0n) is 12.8. The van der Waals surface area contributed by atoms with Gasteiger partial charge < -0.3 is 14.5 Å². The van der Waals surface area contributed by atoms with Gasteiger partial charge >= 0.3 is 0 Å². The first kappa shape index (κ1) is 15.3. The monoisotopic (exact) mass is 311 g/mol. The lowest BCUT2D eigenvalue weighted by molar-refractivity contribution is 0.0854. The minimum atomic E-state index is -0.306. The number of nitriles is 1. The van der Waals surface area contributed by atoms with E-state index in [2.05, 4.69) is 16.4 Å². The predicted octanol–water partition coefficient (Wildman–Crippen LogP) is 2.89. The van der Waals surface area contributed by atoms with Crippen LogP contribution >= 0.6 is 0 Å². The summed E-state index contributed by atoms with van der Waals surface area (Å²) in [7, 11) is 0. The lowest BCUT2D eigenvalue weighted by Crippen LogP contribution is -2.28. The Morgan fingerprint density at radius 2 is 2.39 bits per heavy atom. The third-order valence-corrected chi connectivity index (χ3v) is 3.90. The van der Waals surface area contributed by atoms with Crippen molar-refractivity contribution in [1.29, 1.82) is 5.26 Å². The third kappa shape index (κ3) is 3.25. The van der Waals surface area contributed by atoms with Crippen LogP contribution in [-0.4, -0.2) is 17.5 Å². The second-order valence-electron chi connectivity index (χ2n) is 5.50. The molecule has 1 amide bonds. The van der Waals surface area contributed by atoms with Gasteiger partial charge in [-0.3, -0.25) is 4.79 Å². The molecule has 0 saturated carbocycles. The summed E-state index contributed by atoms with van der Waals surface area (Å²) in [4.78, 5) is 16.5. The minimum Gasteiger partial charge on any atom is -0.445 e. The lowest BCUT2D eigenvalue weighted by atomic mass is 10.1. The average Bonchev–Trinajstić information content (AvgIpc) is 3.25. The minimum absolute atomic E-state index is 0.199. The molecule has 6 nitrogen and oxygen atoms in total. The molecule has 1 aliphatic rings. The molecule has 0 bridgehead atoms. The molecule has 3 rings (SSSR count). The number of nitrogens with one attached hydrogen (secondary N) is 1. The van der Waals surface area contributed by atoms with E-state index in [4.69, 9.17) is 14.4 Å². The van der Waals surface area contributed by atoms with Crippen molar-refractivity contribution in [3.05, 3.63) is 53.2 Å². The number of hydrogen-bond donors (Lipinski definition) is 1. The molecule has 2 atom stereocenters. The zero-order chi connectivity index (χ0) is 16.2. The number of nitrogens with zero attached hydrogens (tertiary/aromatic N) is 2. The Morgan fingerprint density at radius 3 is 3.13 bits per heavy atom. The molecule has 23 heavy (non-hydrogen) atoms. The number of hydrogen-bond acceptors (Lipinski definition) is 5. The van der Waals surface area contributed by atoms with Crippen molar-refractivity contribution in [2.24, 2.45) is 0 Å². The number of benzene rings is 1. The van der Waals surface area contributed by atoms with Crippen LogP contribution in [0.4, 0.5) is 0 Å². The Kier molecular flexibility index (Phi) is 4.40. The first-order chi connectivity index (χ1) is 11.2. The van der Waals surface area contributed by atoms with E-state index in [0.717, 1.165) is 18.4 Å². The maximum absolute atomic E-state index is 12.5. The first-order valence-electron chi connectivity index (χ1n) is 7.55. The standard InChI is InChI=1S/C17H17N3O3/c1-11(13-5-2-4-12(8-13)9-18)20-17(21)15-16(23-10-19-15)14-6-3-7-22-14/h2,4-5,8,10-11,14H,3,6-7H2,1H3,(H,20,21)/t11-,14-/m0/s1. The highest BCUT2D eigenvalue weighted by molar-refractivity contribution is 5.93. The van der Waals surface area contributed by atoms with E-state index >= 15 is 0 Å². The molecule has 1 N–H and O–H groups in total. The molecule has 1 fully saturated rings. The summed E-state index contributed by atoms with van der Waals surface area (Å²) in [5, 5.41) is 11.8. The number of carbonyl (C=O) groups is 1. The van der Waals surface area contributed by atoms with Crippen molar-refractivity contribution in [3.8, 4) is 6.07 Å². The van der Waals surface area contributed by atoms with Crippen LogP contribution < -0.4 is 5.32 Å². The highest BCUT2D eigenvalue weighted by Gasteiger charge is 2.28. The van der Waals surface area contributed by atoms with E-state index in [-0.39, 0.29) is 23.7 Å². The van der Waals surface area contributed by atoms with Gasteiger partial charge in [0.25, 0.3) is 5.91 Å². The molecule has 2 aromatic rings. The van der Waals surface area contributed by atoms with E-state index in [1.807, 2.05) is 13.0 Å². The molecule has 6 heteroatoms. The van der Waals surface area contributed by atoms with Crippen LogP contribution in [0.3, 0.4) is 0 Å². The van der Waals surface area contributed by atoms with Gasteiger partial charge in [-0.25, -0.2) is 4.98 Å². The van der Waals surface area contributed by atoms with Crippen molar-refractivity contribution < 1.29 is 13.9 Å². The van der Waals surface area contributed by atoms with Crippen molar-refractivity contribution in [2.45, 2.75) is 31.9 Å². The maximum Gasteiger partial charge on any atom is 0.274 e. The SMILES string of the molecule is C[C@H](NC(=O)c1ncoc1[C@@H]1CCCO1)c1cccc(C#N)c1. The Balaban J connectivity index is 1.74. The fraction of sp³-hybridized carbons (Fsp3) is 0.353. The van der Waals surface area contributed by atoms with E-state index in [1.54, 1.807) is 18.2 Å². The molecule has 0 unspecified atom stereocenters. The molecule has 2 heterocycles. The second-order valence-corrected chi connectivity index (χ2v) is 5.50. The van der Waals surface area contributed by atoms with Crippen LogP contribution in [0, 0.1) is 11.3 Å². The van der Waals surface area contributed by atoms with E-state index in [1.165, 1.54) is 6.39 Å². The molecule has 1 aliphatic heterocycles. The Hall–Kier alpha value is -2.65. The van der Waals surface area contributed by atoms with Gasteiger partial charge in [-0.05, 0) is 37.5 Å². The van der Waals surface area contributed by atoms with Crippen molar-refractivity contribution in [2.75, 3.05) is 6.61 Å². The molecule has 1 aromatic carbocycles. The number of aromatic nitrogens is 1. The largest absolute Gasteiger partial charge is 0.445 e. The Bertz CT molecular complexity index is 742. The van der Waals surface area contributed by atoms with Gasteiger partial charge in [-0.2, -0.15) is 5.26 Å². The van der Waals surface area contributed by atoms with Crippen LogP contribution in [0.25, 0.3) is 0 Å². The predicted molar refractivity (Wildman–Crippen MR) is 81.5 cm³/mol. The fourth-order valence-corrected chi connectivity index (χ4v) is 2.66. The van der Waals surface area contributed by atoms with Gasteiger partial charge in [0.05, 0.1) is 17.7 Å². The number of carbonyl (C=O) groups excluding carboxylic acids is 1. The highest BCUT2D eigenvalue weighted by atomic mass is 16.5. The van der Waals surface area contributed by atoms with Crippen LogP contribution in [-0.2, 0) is 4.74 Å². The number of rotatable bonds is 4. The summed E-state index contributed by atoms with van der Waals surface area (Å²) in [5.41, 5.74) is 1.69. The van der Waals surface area contributed by atoms with E-state index < -0.39 is 0 Å². The van der Waals surface area contributed by atoms with Gasteiger partial charge in [-0.15, -0.1) is 0 Å². The molecule has 1 saturated heterocycles. The molecule has 0 spiro atoms. The highest BCUT2D eigenvalue weighted by Crippen LogP contribution is 2.30. The Morgan fingerprint density at radius 1 is 1.52 bits per heavy atom. The van der Waals surface area contributed by atoms with E-state index in [0.29, 0.717) is 17.9 Å².